The van der Waals surface area contributed by atoms with E-state index in [0.29, 0.717) is 19.6 Å². The highest BCUT2D eigenvalue weighted by atomic mass is 32.1. The number of esters is 1. The van der Waals surface area contributed by atoms with Gasteiger partial charge in [-0.25, -0.2) is 0 Å². The van der Waals surface area contributed by atoms with E-state index >= 15 is 0 Å². The summed E-state index contributed by atoms with van der Waals surface area (Å²) in [5.41, 5.74) is -0.598. The van der Waals surface area contributed by atoms with Crippen LogP contribution in [-0.2, 0) is 20.8 Å². The van der Waals surface area contributed by atoms with E-state index in [4.69, 9.17) is 9.47 Å². The van der Waals surface area contributed by atoms with Gasteiger partial charge in [0.15, 0.2) is 0 Å². The van der Waals surface area contributed by atoms with Crippen LogP contribution in [0.4, 0.5) is 0 Å². The number of ether oxygens (including phenoxy) is 2. The van der Waals surface area contributed by atoms with Gasteiger partial charge in [-0.2, -0.15) is 0 Å². The summed E-state index contributed by atoms with van der Waals surface area (Å²) in [6.45, 7) is 2.97. The van der Waals surface area contributed by atoms with Crippen LogP contribution in [0.1, 0.15) is 37.5 Å². The average Bonchev–Trinajstić information content (AvgIpc) is 2.99. The fraction of sp³-hybridized carbons (Fsp3) is 0.667. The molecule has 1 saturated carbocycles. The number of carbonyl (C=O) groups is 1. The molecule has 0 bridgehead atoms. The van der Waals surface area contributed by atoms with Crippen molar-refractivity contribution in [3.8, 4) is 0 Å². The molecule has 0 spiro atoms. The van der Waals surface area contributed by atoms with Gasteiger partial charge >= 0.3 is 5.97 Å². The van der Waals surface area contributed by atoms with Crippen LogP contribution in [0.5, 0.6) is 0 Å². The topological polar surface area (TPSA) is 47.6 Å². The maximum atomic E-state index is 12.4. The molecule has 2 unspecified atom stereocenters. The molecule has 1 aliphatic rings. The Bertz CT molecular complexity index is 421. The minimum atomic E-state index is -0.598. The van der Waals surface area contributed by atoms with Gasteiger partial charge in [0.2, 0.25) is 0 Å². The van der Waals surface area contributed by atoms with Crippen molar-refractivity contribution in [1.29, 1.82) is 0 Å². The quantitative estimate of drug-likeness (QED) is 0.820. The molecule has 20 heavy (non-hydrogen) atoms. The third kappa shape index (κ3) is 3.59. The largest absolute Gasteiger partial charge is 0.465 e. The molecule has 1 aliphatic carbocycles. The highest BCUT2D eigenvalue weighted by Gasteiger charge is 2.43. The normalized spacial score (nSPS) is 26.4. The number of hydrogen-bond acceptors (Lipinski definition) is 5. The van der Waals surface area contributed by atoms with Crippen LogP contribution < -0.4 is 5.32 Å². The van der Waals surface area contributed by atoms with Gasteiger partial charge in [0.25, 0.3) is 0 Å². The third-order valence-electron chi connectivity index (χ3n) is 3.89. The van der Waals surface area contributed by atoms with E-state index in [9.17, 15) is 4.79 Å². The molecule has 2 atom stereocenters. The first-order valence-corrected chi connectivity index (χ1v) is 8.05. The van der Waals surface area contributed by atoms with E-state index in [1.54, 1.807) is 18.4 Å². The summed E-state index contributed by atoms with van der Waals surface area (Å²) in [5, 5.41) is 5.49. The van der Waals surface area contributed by atoms with Crippen LogP contribution in [0.3, 0.4) is 0 Å². The number of hydrogen-bond donors (Lipinski definition) is 1. The van der Waals surface area contributed by atoms with E-state index in [0.717, 1.165) is 19.3 Å². The molecule has 4 nitrogen and oxygen atoms in total. The Hall–Kier alpha value is -0.910. The van der Waals surface area contributed by atoms with Gasteiger partial charge in [0, 0.05) is 25.0 Å². The van der Waals surface area contributed by atoms with Crippen molar-refractivity contribution in [1.82, 2.24) is 5.32 Å². The molecule has 1 aromatic rings. The number of nitrogens with one attached hydrogen (secondary N) is 1. The molecule has 1 aromatic heterocycles. The second-order valence-electron chi connectivity index (χ2n) is 5.19. The van der Waals surface area contributed by atoms with Gasteiger partial charge in [-0.1, -0.05) is 6.07 Å². The molecular weight excluding hydrogens is 274 g/mol. The Balaban J connectivity index is 2.08. The fourth-order valence-electron chi connectivity index (χ4n) is 2.78. The zero-order valence-electron chi connectivity index (χ0n) is 12.2. The standard InChI is InChI=1S/C15H23NO3S/c1-3-19-14(17)15(8-4-6-12(10-15)18-2)16-11-13-7-5-9-20-13/h5,7,9,12,16H,3-4,6,8,10-11H2,1-2H3. The summed E-state index contributed by atoms with van der Waals surface area (Å²) in [7, 11) is 1.71. The van der Waals surface area contributed by atoms with Crippen LogP contribution in [0.15, 0.2) is 17.5 Å². The lowest BCUT2D eigenvalue weighted by molar-refractivity contribution is -0.155. The summed E-state index contributed by atoms with van der Waals surface area (Å²) >= 11 is 1.70. The summed E-state index contributed by atoms with van der Waals surface area (Å²) in [6, 6.07) is 4.10. The summed E-state index contributed by atoms with van der Waals surface area (Å²) < 4.78 is 10.8. The third-order valence-corrected chi connectivity index (χ3v) is 4.76. The number of rotatable bonds is 6. The number of carbonyl (C=O) groups excluding carboxylic acids is 1. The Morgan fingerprint density at radius 2 is 2.45 bits per heavy atom. The van der Waals surface area contributed by atoms with Gasteiger partial charge in [-0.3, -0.25) is 10.1 Å². The Morgan fingerprint density at radius 3 is 3.10 bits per heavy atom. The highest BCUT2D eigenvalue weighted by molar-refractivity contribution is 7.09. The summed E-state index contributed by atoms with van der Waals surface area (Å²) in [5.74, 6) is -0.140. The molecule has 1 heterocycles. The zero-order chi connectivity index (χ0) is 14.4. The molecule has 5 heteroatoms. The molecule has 112 valence electrons. The lowest BCUT2D eigenvalue weighted by atomic mass is 9.80. The number of thiophene rings is 1. The van der Waals surface area contributed by atoms with Crippen molar-refractivity contribution in [3.63, 3.8) is 0 Å². The van der Waals surface area contributed by atoms with Crippen molar-refractivity contribution in [2.75, 3.05) is 13.7 Å². The first-order chi connectivity index (χ1) is 9.70. The average molecular weight is 297 g/mol. The second kappa shape index (κ2) is 7.20. The van der Waals surface area contributed by atoms with Crippen molar-refractivity contribution >= 4 is 17.3 Å². The van der Waals surface area contributed by atoms with E-state index in [-0.39, 0.29) is 12.1 Å². The zero-order valence-corrected chi connectivity index (χ0v) is 13.0. The second-order valence-corrected chi connectivity index (χ2v) is 6.22. The molecule has 0 aromatic carbocycles. The summed E-state index contributed by atoms with van der Waals surface area (Å²) in [4.78, 5) is 13.6. The Morgan fingerprint density at radius 1 is 1.60 bits per heavy atom. The Labute approximate surface area is 124 Å². The molecular formula is C15H23NO3S. The van der Waals surface area contributed by atoms with Gasteiger partial charge in [-0.05, 0) is 37.6 Å². The van der Waals surface area contributed by atoms with Crippen LogP contribution in [0, 0.1) is 0 Å². The predicted molar refractivity (Wildman–Crippen MR) is 79.8 cm³/mol. The van der Waals surface area contributed by atoms with Gasteiger partial charge < -0.3 is 9.47 Å². The van der Waals surface area contributed by atoms with E-state index in [1.165, 1.54) is 4.88 Å². The van der Waals surface area contributed by atoms with Crippen LogP contribution in [0.2, 0.25) is 0 Å². The van der Waals surface area contributed by atoms with Crippen molar-refractivity contribution in [2.24, 2.45) is 0 Å². The van der Waals surface area contributed by atoms with Gasteiger partial charge in [0.1, 0.15) is 5.54 Å². The van der Waals surface area contributed by atoms with Crippen LogP contribution in [0.25, 0.3) is 0 Å². The number of methoxy groups -OCH3 is 1. The molecule has 0 radical (unpaired) electrons. The molecule has 1 fully saturated rings. The minimum Gasteiger partial charge on any atom is -0.465 e. The van der Waals surface area contributed by atoms with Crippen molar-refractivity contribution in [2.45, 2.75) is 50.8 Å². The molecule has 0 amide bonds. The molecule has 2 rings (SSSR count). The Kier molecular flexibility index (Phi) is 5.57. The minimum absolute atomic E-state index is 0.129. The van der Waals surface area contributed by atoms with Gasteiger partial charge in [0.05, 0.1) is 12.7 Å². The lowest BCUT2D eigenvalue weighted by Crippen LogP contribution is -2.56. The SMILES string of the molecule is CCOC(=O)C1(NCc2cccs2)CCCC(OC)C1. The lowest BCUT2D eigenvalue weighted by Gasteiger charge is -2.39. The van der Waals surface area contributed by atoms with E-state index < -0.39 is 5.54 Å². The maximum Gasteiger partial charge on any atom is 0.326 e. The molecule has 0 aliphatic heterocycles. The van der Waals surface area contributed by atoms with Crippen molar-refractivity contribution in [3.05, 3.63) is 22.4 Å². The van der Waals surface area contributed by atoms with Crippen LogP contribution >= 0.6 is 11.3 Å². The molecule has 1 N–H and O–H groups in total. The van der Waals surface area contributed by atoms with E-state index in [2.05, 4.69) is 11.4 Å². The first-order valence-electron chi connectivity index (χ1n) is 7.17. The maximum absolute atomic E-state index is 12.4. The monoisotopic (exact) mass is 297 g/mol. The summed E-state index contributed by atoms with van der Waals surface area (Å²) in [6.07, 6.45) is 3.63. The molecule has 0 saturated heterocycles. The van der Waals surface area contributed by atoms with Crippen molar-refractivity contribution < 1.29 is 14.3 Å². The smallest absolute Gasteiger partial charge is 0.326 e. The van der Waals surface area contributed by atoms with Crippen LogP contribution in [-0.4, -0.2) is 31.3 Å². The predicted octanol–water partition coefficient (Wildman–Crippen LogP) is 2.73. The fourth-order valence-corrected chi connectivity index (χ4v) is 3.43. The first kappa shape index (κ1) is 15.5. The van der Waals surface area contributed by atoms with Gasteiger partial charge in [-0.15, -0.1) is 11.3 Å². The van der Waals surface area contributed by atoms with E-state index in [1.807, 2.05) is 18.4 Å². The highest BCUT2D eigenvalue weighted by Crippen LogP contribution is 2.31.